The number of H-pyrrole nitrogens is 1. The quantitative estimate of drug-likeness (QED) is 0.732. The van der Waals surface area contributed by atoms with E-state index in [4.69, 9.17) is 0 Å². The molecule has 0 amide bonds. The highest BCUT2D eigenvalue weighted by Gasteiger charge is 2.22. The molecule has 0 atom stereocenters. The Hall–Kier alpha value is -1.16. The lowest BCUT2D eigenvalue weighted by Crippen LogP contribution is -2.29. The summed E-state index contributed by atoms with van der Waals surface area (Å²) in [6.07, 6.45) is 5.14. The van der Waals surface area contributed by atoms with E-state index in [0.29, 0.717) is 5.92 Å². The van der Waals surface area contributed by atoms with Crippen molar-refractivity contribution in [1.29, 1.82) is 0 Å². The molecule has 86 valence electrons. The van der Waals surface area contributed by atoms with Gasteiger partial charge in [0.1, 0.15) is 5.82 Å². The maximum absolute atomic E-state index is 11.9. The van der Waals surface area contributed by atoms with Gasteiger partial charge in [-0.1, -0.05) is 0 Å². The van der Waals surface area contributed by atoms with E-state index >= 15 is 0 Å². The van der Waals surface area contributed by atoms with Gasteiger partial charge in [0.25, 0.3) is 5.56 Å². The average molecular weight is 219 g/mol. The van der Waals surface area contributed by atoms with Gasteiger partial charge in [0.05, 0.1) is 5.69 Å². The van der Waals surface area contributed by atoms with Crippen molar-refractivity contribution in [3.05, 3.63) is 27.4 Å². The second-order valence-electron chi connectivity index (χ2n) is 4.75. The summed E-state index contributed by atoms with van der Waals surface area (Å²) in [6, 6.07) is 0. The summed E-state index contributed by atoms with van der Waals surface area (Å²) in [4.78, 5) is 19.5. The molecule has 2 aliphatic rings. The van der Waals surface area contributed by atoms with Crippen LogP contribution in [0.5, 0.6) is 0 Å². The van der Waals surface area contributed by atoms with E-state index < -0.39 is 0 Å². The van der Waals surface area contributed by atoms with Crippen molar-refractivity contribution in [3.63, 3.8) is 0 Å². The molecule has 4 nitrogen and oxygen atoms in total. The van der Waals surface area contributed by atoms with E-state index in [9.17, 15) is 4.79 Å². The molecular weight excluding hydrogens is 202 g/mol. The molecule has 1 aromatic heterocycles. The van der Waals surface area contributed by atoms with E-state index in [1.165, 1.54) is 0 Å². The molecule has 2 heterocycles. The van der Waals surface area contributed by atoms with Gasteiger partial charge >= 0.3 is 0 Å². The SMILES string of the molecule is O=c1[nH]c(C2CCNCC2)nc2c1CCC2. The van der Waals surface area contributed by atoms with E-state index in [1.807, 2.05) is 0 Å². The lowest BCUT2D eigenvalue weighted by Gasteiger charge is -2.22. The standard InChI is InChI=1S/C12H17N3O/c16-12-9-2-1-3-10(9)14-11(15-12)8-4-6-13-7-5-8/h8,13H,1-7H2,(H,14,15,16). The van der Waals surface area contributed by atoms with Crippen LogP contribution < -0.4 is 10.9 Å². The highest BCUT2D eigenvalue weighted by molar-refractivity contribution is 5.23. The fourth-order valence-electron chi connectivity index (χ4n) is 2.75. The predicted octanol–water partition coefficient (Wildman–Crippen LogP) is 0.726. The van der Waals surface area contributed by atoms with E-state index in [2.05, 4.69) is 15.3 Å². The van der Waals surface area contributed by atoms with Crippen molar-refractivity contribution in [2.75, 3.05) is 13.1 Å². The number of hydrogen-bond acceptors (Lipinski definition) is 3. The summed E-state index contributed by atoms with van der Waals surface area (Å²) in [5, 5.41) is 3.33. The topological polar surface area (TPSA) is 57.8 Å². The van der Waals surface area contributed by atoms with Crippen LogP contribution in [0.15, 0.2) is 4.79 Å². The van der Waals surface area contributed by atoms with Crippen LogP contribution in [0.25, 0.3) is 0 Å². The molecule has 0 bridgehead atoms. The Kier molecular flexibility index (Phi) is 2.52. The Balaban J connectivity index is 1.96. The molecule has 16 heavy (non-hydrogen) atoms. The minimum absolute atomic E-state index is 0.107. The first-order valence-corrected chi connectivity index (χ1v) is 6.17. The van der Waals surface area contributed by atoms with Crippen molar-refractivity contribution in [2.24, 2.45) is 0 Å². The van der Waals surface area contributed by atoms with Crippen LogP contribution in [-0.4, -0.2) is 23.1 Å². The first kappa shape index (κ1) is 10.0. The lowest BCUT2D eigenvalue weighted by atomic mass is 9.97. The van der Waals surface area contributed by atoms with Crippen LogP contribution in [0, 0.1) is 0 Å². The van der Waals surface area contributed by atoms with Crippen LogP contribution >= 0.6 is 0 Å². The molecule has 0 spiro atoms. The molecule has 0 saturated carbocycles. The van der Waals surface area contributed by atoms with Crippen molar-refractivity contribution >= 4 is 0 Å². The molecule has 1 aromatic rings. The van der Waals surface area contributed by atoms with Crippen LogP contribution in [0.2, 0.25) is 0 Å². The van der Waals surface area contributed by atoms with Gasteiger partial charge in [-0.2, -0.15) is 0 Å². The van der Waals surface area contributed by atoms with Gasteiger partial charge in [0.2, 0.25) is 0 Å². The Bertz CT molecular complexity index is 446. The zero-order chi connectivity index (χ0) is 11.0. The number of fused-ring (bicyclic) bond motifs is 1. The van der Waals surface area contributed by atoms with Gasteiger partial charge in [-0.05, 0) is 45.2 Å². The van der Waals surface area contributed by atoms with Crippen molar-refractivity contribution in [1.82, 2.24) is 15.3 Å². The highest BCUT2D eigenvalue weighted by atomic mass is 16.1. The number of hydrogen-bond donors (Lipinski definition) is 2. The zero-order valence-corrected chi connectivity index (χ0v) is 9.38. The van der Waals surface area contributed by atoms with E-state index in [0.717, 1.165) is 62.3 Å². The van der Waals surface area contributed by atoms with Crippen molar-refractivity contribution in [2.45, 2.75) is 38.0 Å². The molecule has 4 heteroatoms. The third-order valence-electron chi connectivity index (χ3n) is 3.69. The molecule has 1 aliphatic heterocycles. The summed E-state index contributed by atoms with van der Waals surface area (Å²) in [5.41, 5.74) is 2.09. The first-order chi connectivity index (χ1) is 7.84. The Morgan fingerprint density at radius 3 is 2.81 bits per heavy atom. The molecule has 0 aromatic carbocycles. The van der Waals surface area contributed by atoms with Gasteiger partial charge in [-0.3, -0.25) is 4.79 Å². The molecule has 3 rings (SSSR count). The van der Waals surface area contributed by atoms with Gasteiger partial charge in [0.15, 0.2) is 0 Å². The van der Waals surface area contributed by atoms with Crippen LogP contribution in [0.4, 0.5) is 0 Å². The number of nitrogens with zero attached hydrogens (tertiary/aromatic N) is 1. The van der Waals surface area contributed by atoms with Gasteiger partial charge < -0.3 is 10.3 Å². The molecule has 2 N–H and O–H groups in total. The second-order valence-corrected chi connectivity index (χ2v) is 4.75. The minimum atomic E-state index is 0.107. The number of aromatic amines is 1. The molecule has 1 fully saturated rings. The first-order valence-electron chi connectivity index (χ1n) is 6.17. The summed E-state index contributed by atoms with van der Waals surface area (Å²) in [7, 11) is 0. The smallest absolute Gasteiger partial charge is 0.254 e. The maximum atomic E-state index is 11.9. The Morgan fingerprint density at radius 1 is 1.19 bits per heavy atom. The number of nitrogens with one attached hydrogen (secondary N) is 2. The zero-order valence-electron chi connectivity index (χ0n) is 9.38. The lowest BCUT2D eigenvalue weighted by molar-refractivity contribution is 0.443. The van der Waals surface area contributed by atoms with Gasteiger partial charge in [-0.15, -0.1) is 0 Å². The van der Waals surface area contributed by atoms with Crippen molar-refractivity contribution in [3.8, 4) is 0 Å². The summed E-state index contributed by atoms with van der Waals surface area (Å²) >= 11 is 0. The molecule has 0 unspecified atom stereocenters. The fraction of sp³-hybridized carbons (Fsp3) is 0.667. The molecule has 1 aliphatic carbocycles. The largest absolute Gasteiger partial charge is 0.317 e. The Morgan fingerprint density at radius 2 is 2.00 bits per heavy atom. The third-order valence-corrected chi connectivity index (χ3v) is 3.69. The predicted molar refractivity (Wildman–Crippen MR) is 61.7 cm³/mol. The fourth-order valence-corrected chi connectivity index (χ4v) is 2.75. The van der Waals surface area contributed by atoms with Gasteiger partial charge in [-0.25, -0.2) is 4.98 Å². The van der Waals surface area contributed by atoms with Gasteiger partial charge in [0, 0.05) is 11.5 Å². The molecule has 0 radical (unpaired) electrons. The summed E-state index contributed by atoms with van der Waals surface area (Å²) < 4.78 is 0. The van der Waals surface area contributed by atoms with Crippen LogP contribution in [0.3, 0.4) is 0 Å². The highest BCUT2D eigenvalue weighted by Crippen LogP contribution is 2.23. The molecular formula is C12H17N3O. The number of piperidine rings is 1. The number of rotatable bonds is 1. The third kappa shape index (κ3) is 1.67. The average Bonchev–Trinajstić information content (AvgIpc) is 2.79. The van der Waals surface area contributed by atoms with Crippen LogP contribution in [0.1, 0.15) is 42.3 Å². The minimum Gasteiger partial charge on any atom is -0.317 e. The number of aryl methyl sites for hydroxylation is 1. The summed E-state index contributed by atoms with van der Waals surface area (Å²) in [6.45, 7) is 2.07. The van der Waals surface area contributed by atoms with Crippen LogP contribution in [-0.2, 0) is 12.8 Å². The number of aromatic nitrogens is 2. The monoisotopic (exact) mass is 219 g/mol. The van der Waals surface area contributed by atoms with E-state index in [1.54, 1.807) is 0 Å². The Labute approximate surface area is 94.5 Å². The normalized spacial score (nSPS) is 21.0. The molecule has 1 saturated heterocycles. The summed E-state index contributed by atoms with van der Waals surface area (Å²) in [5.74, 6) is 1.37. The van der Waals surface area contributed by atoms with Crippen molar-refractivity contribution < 1.29 is 0 Å². The maximum Gasteiger partial charge on any atom is 0.254 e. The second kappa shape index (κ2) is 4.01. The van der Waals surface area contributed by atoms with E-state index in [-0.39, 0.29) is 5.56 Å².